The van der Waals surface area contributed by atoms with Gasteiger partial charge in [0.1, 0.15) is 0 Å². The molecule has 0 aromatic carbocycles. The van der Waals surface area contributed by atoms with Crippen molar-refractivity contribution in [2.45, 2.75) is 18.4 Å². The topological polar surface area (TPSA) is 12.5 Å². The smallest absolute Gasteiger partial charge is 0.0627 e. The summed E-state index contributed by atoms with van der Waals surface area (Å²) in [5.74, 6) is 0. The lowest BCUT2D eigenvalue weighted by Crippen LogP contribution is -2.43. The van der Waals surface area contributed by atoms with Crippen LogP contribution in [-0.4, -0.2) is 30.2 Å². The Balaban J connectivity index is 2.03. The van der Waals surface area contributed by atoms with Crippen LogP contribution in [0, 0.1) is 7.05 Å². The van der Waals surface area contributed by atoms with Crippen molar-refractivity contribution in [2.24, 2.45) is 0 Å². The average Bonchev–Trinajstić information content (AvgIpc) is 2.60. The van der Waals surface area contributed by atoms with Crippen LogP contribution >= 0.6 is 0 Å². The molecule has 0 aromatic rings. The van der Waals surface area contributed by atoms with Gasteiger partial charge >= 0.3 is 0 Å². The molecule has 0 amide bonds. The molecule has 0 radical (unpaired) electrons. The highest BCUT2D eigenvalue weighted by atomic mass is 16.5. The third-order valence-corrected chi connectivity index (χ3v) is 2.37. The summed E-state index contributed by atoms with van der Waals surface area (Å²) in [5, 5.41) is 0. The number of rotatable bonds is 0. The molecule has 2 aliphatic rings. The van der Waals surface area contributed by atoms with Crippen LogP contribution < -0.4 is 0 Å². The first-order valence-corrected chi connectivity index (χ1v) is 3.49. The van der Waals surface area contributed by atoms with E-state index in [9.17, 15) is 0 Å². The van der Waals surface area contributed by atoms with Gasteiger partial charge in [0.2, 0.25) is 0 Å². The lowest BCUT2D eigenvalue weighted by Gasteiger charge is -2.39. The Morgan fingerprint density at radius 1 is 1.44 bits per heavy atom. The van der Waals surface area contributed by atoms with E-state index in [1.165, 1.54) is 12.8 Å². The van der Waals surface area contributed by atoms with Gasteiger partial charge in [-0.3, -0.25) is 7.05 Å². The minimum Gasteiger partial charge on any atom is -0.450 e. The standard InChI is InChI=1S/C7H12NO/c1-8-4-5-9-6-7(8)2-3-7/h1-6H2/q-1. The number of ether oxygens (including phenoxy) is 1. The fourth-order valence-corrected chi connectivity index (χ4v) is 1.37. The van der Waals surface area contributed by atoms with E-state index in [0.717, 1.165) is 19.8 Å². The van der Waals surface area contributed by atoms with Crippen molar-refractivity contribution < 1.29 is 4.74 Å². The molecular weight excluding hydrogens is 114 g/mol. The van der Waals surface area contributed by atoms with E-state index in [-0.39, 0.29) is 0 Å². The molecular formula is C7H12NO-. The minimum absolute atomic E-state index is 0.387. The van der Waals surface area contributed by atoms with Crippen molar-refractivity contribution in [3.05, 3.63) is 7.05 Å². The molecule has 1 spiro atoms. The molecule has 1 saturated heterocycles. The van der Waals surface area contributed by atoms with E-state index >= 15 is 0 Å². The summed E-state index contributed by atoms with van der Waals surface area (Å²) in [6.45, 7) is 2.79. The summed E-state index contributed by atoms with van der Waals surface area (Å²) >= 11 is 0. The molecule has 52 valence electrons. The zero-order valence-corrected chi connectivity index (χ0v) is 5.60. The predicted molar refractivity (Wildman–Crippen MR) is 34.8 cm³/mol. The highest BCUT2D eigenvalue weighted by Gasteiger charge is 2.44. The van der Waals surface area contributed by atoms with E-state index in [2.05, 4.69) is 11.9 Å². The molecule has 2 rings (SSSR count). The van der Waals surface area contributed by atoms with Gasteiger partial charge in [-0.05, 0) is 19.4 Å². The van der Waals surface area contributed by atoms with E-state index in [1.54, 1.807) is 0 Å². The molecule has 2 heteroatoms. The molecule has 2 fully saturated rings. The first-order valence-electron chi connectivity index (χ1n) is 3.49. The monoisotopic (exact) mass is 126 g/mol. The lowest BCUT2D eigenvalue weighted by molar-refractivity contribution is 0.00258. The predicted octanol–water partition coefficient (Wildman–Crippen LogP) is 0.643. The summed E-state index contributed by atoms with van der Waals surface area (Å²) in [7, 11) is 3.97. The van der Waals surface area contributed by atoms with Crippen LogP contribution in [-0.2, 0) is 4.74 Å². The van der Waals surface area contributed by atoms with E-state index in [0.29, 0.717) is 5.54 Å². The van der Waals surface area contributed by atoms with Crippen molar-refractivity contribution in [1.29, 1.82) is 0 Å². The molecule has 1 saturated carbocycles. The Hall–Kier alpha value is -0.0800. The van der Waals surface area contributed by atoms with Gasteiger partial charge in [-0.2, -0.15) is 0 Å². The summed E-state index contributed by atoms with van der Waals surface area (Å²) in [4.78, 5) is 2.19. The van der Waals surface area contributed by atoms with Crippen LogP contribution in [0.4, 0.5) is 0 Å². The maximum absolute atomic E-state index is 5.34. The molecule has 0 aromatic heterocycles. The van der Waals surface area contributed by atoms with Crippen LogP contribution in [0.2, 0.25) is 0 Å². The first-order chi connectivity index (χ1) is 4.33. The molecule has 1 aliphatic heterocycles. The third kappa shape index (κ3) is 0.775. The van der Waals surface area contributed by atoms with Crippen molar-refractivity contribution in [1.82, 2.24) is 4.90 Å². The summed E-state index contributed by atoms with van der Waals surface area (Å²) in [6, 6.07) is 0. The highest BCUT2D eigenvalue weighted by molar-refractivity contribution is 5.05. The van der Waals surface area contributed by atoms with Gasteiger partial charge in [-0.25, -0.2) is 0 Å². The quantitative estimate of drug-likeness (QED) is 0.442. The SMILES string of the molecule is [CH2-]N1CCOCC12CC2. The Morgan fingerprint density at radius 2 is 2.22 bits per heavy atom. The van der Waals surface area contributed by atoms with Gasteiger partial charge in [-0.1, -0.05) is 0 Å². The van der Waals surface area contributed by atoms with Crippen LogP contribution in [0.5, 0.6) is 0 Å². The van der Waals surface area contributed by atoms with Crippen molar-refractivity contribution in [3.63, 3.8) is 0 Å². The summed E-state index contributed by atoms with van der Waals surface area (Å²) in [6.07, 6.45) is 2.58. The summed E-state index contributed by atoms with van der Waals surface area (Å²) < 4.78 is 5.34. The van der Waals surface area contributed by atoms with Gasteiger partial charge in [0, 0.05) is 5.54 Å². The molecule has 0 bridgehead atoms. The van der Waals surface area contributed by atoms with Crippen molar-refractivity contribution >= 4 is 0 Å². The van der Waals surface area contributed by atoms with Gasteiger partial charge in [0.15, 0.2) is 0 Å². The lowest BCUT2D eigenvalue weighted by atomic mass is 10.2. The van der Waals surface area contributed by atoms with E-state index in [4.69, 9.17) is 4.74 Å². The molecule has 0 atom stereocenters. The highest BCUT2D eigenvalue weighted by Crippen LogP contribution is 2.42. The second-order valence-electron chi connectivity index (χ2n) is 3.04. The molecule has 2 nitrogen and oxygen atoms in total. The Labute approximate surface area is 55.8 Å². The van der Waals surface area contributed by atoms with Crippen LogP contribution in [0.1, 0.15) is 12.8 Å². The number of hydrogen-bond acceptors (Lipinski definition) is 2. The average molecular weight is 126 g/mol. The van der Waals surface area contributed by atoms with Crippen molar-refractivity contribution in [2.75, 3.05) is 19.8 Å². The Bertz CT molecular complexity index is 120. The van der Waals surface area contributed by atoms with E-state index < -0.39 is 0 Å². The third-order valence-electron chi connectivity index (χ3n) is 2.37. The first kappa shape index (κ1) is 5.69. The van der Waals surface area contributed by atoms with Gasteiger partial charge < -0.3 is 9.64 Å². The second kappa shape index (κ2) is 1.70. The van der Waals surface area contributed by atoms with Crippen LogP contribution in [0.15, 0.2) is 0 Å². The van der Waals surface area contributed by atoms with E-state index in [1.807, 2.05) is 0 Å². The van der Waals surface area contributed by atoms with Crippen LogP contribution in [0.25, 0.3) is 0 Å². The fraction of sp³-hybridized carbons (Fsp3) is 0.857. The van der Waals surface area contributed by atoms with Gasteiger partial charge in [-0.15, -0.1) is 0 Å². The molecule has 9 heavy (non-hydrogen) atoms. The zero-order valence-electron chi connectivity index (χ0n) is 5.60. The molecule has 0 N–H and O–H groups in total. The van der Waals surface area contributed by atoms with Crippen LogP contribution in [0.3, 0.4) is 0 Å². The van der Waals surface area contributed by atoms with Crippen molar-refractivity contribution in [3.8, 4) is 0 Å². The second-order valence-corrected chi connectivity index (χ2v) is 3.04. The fourth-order valence-electron chi connectivity index (χ4n) is 1.37. The maximum Gasteiger partial charge on any atom is 0.0627 e. The molecule has 1 heterocycles. The summed E-state index contributed by atoms with van der Waals surface area (Å²) in [5.41, 5.74) is 0.387. The molecule has 1 aliphatic carbocycles. The maximum atomic E-state index is 5.34. The number of nitrogens with zero attached hydrogens (tertiary/aromatic N) is 1. The minimum atomic E-state index is 0.387. The number of morpholine rings is 1. The van der Waals surface area contributed by atoms with Gasteiger partial charge in [0.05, 0.1) is 13.2 Å². The normalized spacial score (nSPS) is 33.0. The zero-order chi connectivity index (χ0) is 6.32. The Morgan fingerprint density at radius 3 is 2.67 bits per heavy atom. The molecule has 0 unspecified atom stereocenters. The van der Waals surface area contributed by atoms with Gasteiger partial charge in [0.25, 0.3) is 0 Å². The largest absolute Gasteiger partial charge is 0.450 e. The Kier molecular flexibility index (Phi) is 1.08. The number of hydrogen-bond donors (Lipinski definition) is 0.